The van der Waals surface area contributed by atoms with Crippen LogP contribution in [0.25, 0.3) is 22.3 Å². The first-order chi connectivity index (χ1) is 19.9. The van der Waals surface area contributed by atoms with E-state index >= 15 is 0 Å². The maximum absolute atomic E-state index is 14.2. The number of amides is 2. The molecule has 1 atom stereocenters. The molecule has 0 spiro atoms. The number of alkyl halides is 3. The zero-order valence-corrected chi connectivity index (χ0v) is 22.8. The summed E-state index contributed by atoms with van der Waals surface area (Å²) in [4.78, 5) is 39.0. The van der Waals surface area contributed by atoms with Crippen molar-refractivity contribution in [1.29, 1.82) is 0 Å². The van der Waals surface area contributed by atoms with E-state index in [2.05, 4.69) is 5.32 Å². The summed E-state index contributed by atoms with van der Waals surface area (Å²) in [7, 11) is 0. The number of carbonyl (C=O) groups is 3. The van der Waals surface area contributed by atoms with Crippen molar-refractivity contribution in [3.8, 4) is 22.3 Å². The van der Waals surface area contributed by atoms with Gasteiger partial charge in [-0.2, -0.15) is 13.2 Å². The largest absolute Gasteiger partial charge is 0.480 e. The van der Waals surface area contributed by atoms with Gasteiger partial charge < -0.3 is 15.3 Å². The quantitative estimate of drug-likeness (QED) is 0.242. The summed E-state index contributed by atoms with van der Waals surface area (Å²) in [5.74, 6) is -2.60. The van der Waals surface area contributed by atoms with Gasteiger partial charge in [-0.15, -0.1) is 0 Å². The molecule has 6 nitrogen and oxygen atoms in total. The molecule has 1 aliphatic rings. The highest BCUT2D eigenvalue weighted by atomic mass is 19.4. The second-order valence-corrected chi connectivity index (χ2v) is 10.5. The van der Waals surface area contributed by atoms with Crippen LogP contribution in [-0.4, -0.2) is 33.8 Å². The number of hydrogen-bond donors (Lipinski definition) is 2. The average Bonchev–Trinajstić information content (AvgIpc) is 3.27. The molecule has 42 heavy (non-hydrogen) atoms. The van der Waals surface area contributed by atoms with Crippen LogP contribution in [-0.2, 0) is 17.5 Å². The lowest BCUT2D eigenvalue weighted by Gasteiger charge is -2.27. The van der Waals surface area contributed by atoms with Crippen LogP contribution in [0.3, 0.4) is 0 Å². The van der Waals surface area contributed by atoms with Crippen LogP contribution in [0.2, 0.25) is 0 Å². The van der Waals surface area contributed by atoms with E-state index in [9.17, 15) is 32.7 Å². The zero-order chi connectivity index (χ0) is 30.2. The van der Waals surface area contributed by atoms with Gasteiger partial charge in [0.1, 0.15) is 6.04 Å². The fraction of sp³-hybridized carbons (Fsp3) is 0.182. The molecule has 5 rings (SSSR count). The van der Waals surface area contributed by atoms with Crippen molar-refractivity contribution in [3.63, 3.8) is 0 Å². The van der Waals surface area contributed by atoms with Gasteiger partial charge in [-0.3, -0.25) is 9.59 Å². The van der Waals surface area contributed by atoms with Gasteiger partial charge >= 0.3 is 12.1 Å². The molecule has 0 aromatic heterocycles. The van der Waals surface area contributed by atoms with Gasteiger partial charge in [0.15, 0.2) is 0 Å². The number of aliphatic carboxylic acids is 1. The molecule has 1 unspecified atom stereocenters. The Balaban J connectivity index is 1.41. The Bertz CT molecular complexity index is 1670. The number of halogens is 3. The van der Waals surface area contributed by atoms with Crippen molar-refractivity contribution in [2.45, 2.75) is 32.6 Å². The Morgan fingerprint density at radius 1 is 0.833 bits per heavy atom. The second-order valence-electron chi connectivity index (χ2n) is 10.5. The topological polar surface area (TPSA) is 86.7 Å². The van der Waals surface area contributed by atoms with E-state index in [4.69, 9.17) is 0 Å². The van der Waals surface area contributed by atoms with Crippen molar-refractivity contribution in [3.05, 3.63) is 113 Å². The van der Waals surface area contributed by atoms with Gasteiger partial charge in [0.2, 0.25) is 0 Å². The van der Waals surface area contributed by atoms with E-state index < -0.39 is 35.6 Å². The summed E-state index contributed by atoms with van der Waals surface area (Å²) < 4.78 is 42.7. The summed E-state index contributed by atoms with van der Waals surface area (Å²) in [5, 5.41) is 12.2. The van der Waals surface area contributed by atoms with Crippen molar-refractivity contribution >= 4 is 23.5 Å². The third kappa shape index (κ3) is 5.63. The number of carboxylic acids is 1. The van der Waals surface area contributed by atoms with Crippen LogP contribution in [0.5, 0.6) is 0 Å². The molecule has 0 radical (unpaired) electrons. The Morgan fingerprint density at radius 2 is 1.48 bits per heavy atom. The molecule has 0 fully saturated rings. The van der Waals surface area contributed by atoms with Gasteiger partial charge in [-0.1, -0.05) is 74.5 Å². The standard InChI is InChI=1S/C33H27F3N2O4/c1-19(2)29(32(41)42)38-18-24-13-12-23(16-27(24)31(38)40)26-15-14-25(17-28(26)33(34,35)36)37-30(39)22-10-8-21(9-11-22)20-6-4-3-5-7-20/h3-17,19,29H,18H2,1-2H3,(H,37,39)(H,41,42). The summed E-state index contributed by atoms with van der Waals surface area (Å²) in [6.45, 7) is 3.44. The number of hydrogen-bond acceptors (Lipinski definition) is 3. The van der Waals surface area contributed by atoms with Crippen molar-refractivity contribution < 1.29 is 32.7 Å². The van der Waals surface area contributed by atoms with Crippen LogP contribution in [0.15, 0.2) is 91.0 Å². The van der Waals surface area contributed by atoms with Gasteiger partial charge in [0.25, 0.3) is 11.8 Å². The van der Waals surface area contributed by atoms with Crippen LogP contribution >= 0.6 is 0 Å². The van der Waals surface area contributed by atoms with Gasteiger partial charge in [0.05, 0.1) is 5.56 Å². The highest BCUT2D eigenvalue weighted by Gasteiger charge is 2.39. The maximum Gasteiger partial charge on any atom is 0.417 e. The zero-order valence-electron chi connectivity index (χ0n) is 22.8. The van der Waals surface area contributed by atoms with Crippen LogP contribution in [0.1, 0.15) is 45.7 Å². The number of nitrogens with one attached hydrogen (secondary N) is 1. The molecule has 1 heterocycles. The fourth-order valence-corrected chi connectivity index (χ4v) is 5.25. The van der Waals surface area contributed by atoms with Crippen molar-refractivity contribution in [1.82, 2.24) is 4.90 Å². The monoisotopic (exact) mass is 572 g/mol. The molecular formula is C33H27F3N2O4. The number of nitrogens with zero attached hydrogens (tertiary/aromatic N) is 1. The minimum Gasteiger partial charge on any atom is -0.480 e. The molecule has 1 aliphatic heterocycles. The predicted octanol–water partition coefficient (Wildman–Crippen LogP) is 7.36. The van der Waals surface area contributed by atoms with E-state index in [1.807, 2.05) is 30.3 Å². The van der Waals surface area contributed by atoms with E-state index in [0.29, 0.717) is 5.56 Å². The molecule has 9 heteroatoms. The first kappa shape index (κ1) is 28.6. The minimum atomic E-state index is -4.76. The summed E-state index contributed by atoms with van der Waals surface area (Å²) >= 11 is 0. The van der Waals surface area contributed by atoms with Gasteiger partial charge in [-0.25, -0.2) is 4.79 Å². The Morgan fingerprint density at radius 3 is 2.10 bits per heavy atom. The summed E-state index contributed by atoms with van der Waals surface area (Å²) in [6, 6.07) is 23.1. The minimum absolute atomic E-state index is 0.0344. The third-order valence-corrected chi connectivity index (χ3v) is 7.31. The van der Waals surface area contributed by atoms with Gasteiger partial charge in [-0.05, 0) is 64.1 Å². The Hall–Kier alpha value is -4.92. The van der Waals surface area contributed by atoms with E-state index in [-0.39, 0.29) is 40.4 Å². The lowest BCUT2D eigenvalue weighted by Crippen LogP contribution is -2.44. The van der Waals surface area contributed by atoms with Crippen LogP contribution in [0, 0.1) is 5.92 Å². The smallest absolute Gasteiger partial charge is 0.417 e. The SMILES string of the molecule is CC(C)C(C(=O)O)N1Cc2ccc(-c3ccc(NC(=O)c4ccc(-c5ccccc5)cc4)cc3C(F)(F)F)cc2C1=O. The number of benzene rings is 4. The fourth-order valence-electron chi connectivity index (χ4n) is 5.25. The molecular weight excluding hydrogens is 545 g/mol. The lowest BCUT2D eigenvalue weighted by molar-refractivity contribution is -0.144. The molecule has 2 amide bonds. The molecule has 4 aromatic carbocycles. The van der Waals surface area contributed by atoms with E-state index in [0.717, 1.165) is 17.2 Å². The summed E-state index contributed by atoms with van der Waals surface area (Å²) in [5.41, 5.74) is 1.85. The Kier molecular flexibility index (Phi) is 7.60. The summed E-state index contributed by atoms with van der Waals surface area (Å²) in [6.07, 6.45) is -4.76. The predicted molar refractivity (Wildman–Crippen MR) is 153 cm³/mol. The van der Waals surface area contributed by atoms with E-state index in [1.165, 1.54) is 29.2 Å². The Labute approximate surface area is 240 Å². The van der Waals surface area contributed by atoms with Crippen molar-refractivity contribution in [2.24, 2.45) is 5.92 Å². The number of anilines is 1. The maximum atomic E-state index is 14.2. The van der Waals surface area contributed by atoms with Crippen LogP contribution in [0.4, 0.5) is 18.9 Å². The first-order valence-electron chi connectivity index (χ1n) is 13.3. The molecule has 2 N–H and O–H groups in total. The van der Waals surface area contributed by atoms with Crippen molar-refractivity contribution in [2.75, 3.05) is 5.32 Å². The highest BCUT2D eigenvalue weighted by Crippen LogP contribution is 2.40. The number of rotatable bonds is 7. The van der Waals surface area contributed by atoms with Gasteiger partial charge in [0, 0.05) is 23.4 Å². The van der Waals surface area contributed by atoms with Crippen LogP contribution < -0.4 is 5.32 Å². The number of fused-ring (bicyclic) bond motifs is 1. The molecule has 0 aliphatic carbocycles. The molecule has 4 aromatic rings. The number of carboxylic acid groups (broad SMARTS) is 1. The molecule has 214 valence electrons. The van der Waals surface area contributed by atoms with E-state index in [1.54, 1.807) is 44.2 Å². The third-order valence-electron chi connectivity index (χ3n) is 7.31. The molecule has 0 saturated carbocycles. The second kappa shape index (κ2) is 11.2. The first-order valence-corrected chi connectivity index (χ1v) is 13.3. The normalized spacial score (nSPS) is 13.7. The average molecular weight is 573 g/mol. The highest BCUT2D eigenvalue weighted by molar-refractivity contribution is 6.05. The lowest BCUT2D eigenvalue weighted by atomic mass is 9.95. The number of carbonyl (C=O) groups excluding carboxylic acids is 2. The molecule has 0 bridgehead atoms. The molecule has 0 saturated heterocycles.